The van der Waals surface area contributed by atoms with Crippen molar-refractivity contribution in [3.05, 3.63) is 169 Å². The van der Waals surface area contributed by atoms with Crippen molar-refractivity contribution in [3.8, 4) is 44.5 Å². The van der Waals surface area contributed by atoms with Crippen molar-refractivity contribution < 1.29 is 4.42 Å². The molecule has 8 aromatic carbocycles. The van der Waals surface area contributed by atoms with Crippen molar-refractivity contribution in [2.45, 2.75) is 26.2 Å². The zero-order valence-electron chi connectivity index (χ0n) is 29.4. The number of hydrogen-bond donors (Lipinski definition) is 0. The summed E-state index contributed by atoms with van der Waals surface area (Å²) in [5.74, 6) is 0. The highest BCUT2D eigenvalue weighted by molar-refractivity contribution is 7.26. The average Bonchev–Trinajstić information content (AvgIpc) is 3.76. The van der Waals surface area contributed by atoms with Gasteiger partial charge < -0.3 is 4.42 Å². The van der Waals surface area contributed by atoms with Crippen molar-refractivity contribution in [1.29, 1.82) is 0 Å². The Morgan fingerprint density at radius 3 is 1.67 bits per heavy atom. The zero-order valence-corrected chi connectivity index (χ0v) is 30.2. The van der Waals surface area contributed by atoms with Crippen LogP contribution in [0, 0.1) is 0 Å². The first kappa shape index (κ1) is 30.8. The summed E-state index contributed by atoms with van der Waals surface area (Å²) in [6.07, 6.45) is 0. The van der Waals surface area contributed by atoms with Crippen molar-refractivity contribution in [2.24, 2.45) is 0 Å². The standard InChI is InChI=1S/C50H36OS/c1-50(2,3)41-25-14-24-40-45-39(23-15-27-43(45)52-49(40)41)46-37-21-11-10-20-36(37)44(48-47(46)38-22-12-13-26-42(38)51-48)35-29-33(31-16-6-4-7-17-31)28-34(30-35)32-18-8-5-9-19-32/h4-30H,1-3H3. The van der Waals surface area contributed by atoms with Gasteiger partial charge in [-0.25, -0.2) is 0 Å². The van der Waals surface area contributed by atoms with Gasteiger partial charge >= 0.3 is 0 Å². The molecule has 0 aliphatic rings. The average molecular weight is 685 g/mol. The van der Waals surface area contributed by atoms with E-state index < -0.39 is 0 Å². The lowest BCUT2D eigenvalue weighted by Gasteiger charge is -2.20. The van der Waals surface area contributed by atoms with E-state index in [-0.39, 0.29) is 5.41 Å². The molecule has 0 bridgehead atoms. The second-order valence-electron chi connectivity index (χ2n) is 14.8. The molecule has 0 amide bonds. The van der Waals surface area contributed by atoms with E-state index in [1.54, 1.807) is 0 Å². The monoisotopic (exact) mass is 684 g/mol. The molecule has 2 heterocycles. The highest BCUT2D eigenvalue weighted by Gasteiger charge is 2.26. The second-order valence-corrected chi connectivity index (χ2v) is 15.9. The summed E-state index contributed by atoms with van der Waals surface area (Å²) in [6.45, 7) is 6.95. The third kappa shape index (κ3) is 4.82. The SMILES string of the molecule is CC(C)(C)c1cccc2c1sc1cccc(-c3c4ccccc4c(-c4cc(-c5ccccc5)cc(-c5ccccc5)c4)c4oc5ccccc5c34)c12. The van der Waals surface area contributed by atoms with E-state index in [1.165, 1.54) is 69.9 Å². The van der Waals surface area contributed by atoms with Gasteiger partial charge in [0.2, 0.25) is 0 Å². The Balaban J connectivity index is 1.36. The third-order valence-electron chi connectivity index (χ3n) is 10.6. The van der Waals surface area contributed by atoms with Crippen molar-refractivity contribution >= 4 is 64.2 Å². The van der Waals surface area contributed by atoms with E-state index >= 15 is 0 Å². The zero-order chi connectivity index (χ0) is 35.0. The molecule has 1 nitrogen and oxygen atoms in total. The molecule has 52 heavy (non-hydrogen) atoms. The van der Waals surface area contributed by atoms with E-state index in [2.05, 4.69) is 185 Å². The van der Waals surface area contributed by atoms with E-state index in [4.69, 9.17) is 4.42 Å². The molecular formula is C50H36OS. The molecule has 0 radical (unpaired) electrons. The van der Waals surface area contributed by atoms with E-state index in [9.17, 15) is 0 Å². The Morgan fingerprint density at radius 2 is 1.00 bits per heavy atom. The summed E-state index contributed by atoms with van der Waals surface area (Å²) < 4.78 is 9.73. The highest BCUT2D eigenvalue weighted by atomic mass is 32.1. The Morgan fingerprint density at radius 1 is 0.442 bits per heavy atom. The Hall–Kier alpha value is -5.96. The minimum absolute atomic E-state index is 0.0375. The van der Waals surface area contributed by atoms with Gasteiger partial charge in [0.25, 0.3) is 0 Å². The minimum Gasteiger partial charge on any atom is -0.455 e. The van der Waals surface area contributed by atoms with Crippen LogP contribution in [0.4, 0.5) is 0 Å². The van der Waals surface area contributed by atoms with Gasteiger partial charge in [-0.1, -0.05) is 154 Å². The fraction of sp³-hybridized carbons (Fsp3) is 0.0800. The van der Waals surface area contributed by atoms with Crippen LogP contribution in [0.5, 0.6) is 0 Å². The smallest absolute Gasteiger partial charge is 0.144 e. The summed E-state index contributed by atoms with van der Waals surface area (Å²) in [5, 5.41) is 7.33. The second kappa shape index (κ2) is 11.8. The highest BCUT2D eigenvalue weighted by Crippen LogP contribution is 2.52. The maximum atomic E-state index is 7.05. The van der Waals surface area contributed by atoms with E-state index in [0.29, 0.717) is 0 Å². The lowest BCUT2D eigenvalue weighted by molar-refractivity contribution is 0.597. The molecule has 0 aliphatic carbocycles. The molecule has 10 aromatic rings. The first-order valence-electron chi connectivity index (χ1n) is 18.0. The van der Waals surface area contributed by atoms with Gasteiger partial charge in [-0.2, -0.15) is 0 Å². The molecule has 0 spiro atoms. The molecule has 248 valence electrons. The van der Waals surface area contributed by atoms with Gasteiger partial charge in [0.15, 0.2) is 0 Å². The molecule has 0 saturated carbocycles. The number of thiophene rings is 1. The van der Waals surface area contributed by atoms with Gasteiger partial charge in [-0.15, -0.1) is 11.3 Å². The summed E-state index contributed by atoms with van der Waals surface area (Å²) >= 11 is 1.92. The van der Waals surface area contributed by atoms with Gasteiger partial charge in [0.1, 0.15) is 11.2 Å². The van der Waals surface area contributed by atoms with Crippen LogP contribution in [0.3, 0.4) is 0 Å². The lowest BCUT2D eigenvalue weighted by atomic mass is 9.84. The molecule has 0 unspecified atom stereocenters. The molecule has 0 N–H and O–H groups in total. The van der Waals surface area contributed by atoms with Crippen LogP contribution < -0.4 is 0 Å². The van der Waals surface area contributed by atoms with Crippen LogP contribution in [-0.2, 0) is 5.41 Å². The fourth-order valence-electron chi connectivity index (χ4n) is 8.23. The van der Waals surface area contributed by atoms with Crippen LogP contribution >= 0.6 is 11.3 Å². The van der Waals surface area contributed by atoms with Crippen molar-refractivity contribution in [2.75, 3.05) is 0 Å². The molecular weight excluding hydrogens is 649 g/mol. The fourth-order valence-corrected chi connectivity index (χ4v) is 9.68. The first-order chi connectivity index (χ1) is 25.4. The van der Waals surface area contributed by atoms with E-state index in [0.717, 1.165) is 33.1 Å². The third-order valence-corrected chi connectivity index (χ3v) is 11.8. The largest absolute Gasteiger partial charge is 0.455 e. The maximum Gasteiger partial charge on any atom is 0.144 e. The quantitative estimate of drug-likeness (QED) is 0.180. The molecule has 0 atom stereocenters. The summed E-state index contributed by atoms with van der Waals surface area (Å²) in [5.41, 5.74) is 12.7. The summed E-state index contributed by atoms with van der Waals surface area (Å²) in [7, 11) is 0. The molecule has 10 rings (SSSR count). The maximum absolute atomic E-state index is 7.05. The minimum atomic E-state index is 0.0375. The molecule has 0 fully saturated rings. The van der Waals surface area contributed by atoms with Gasteiger partial charge in [-0.05, 0) is 85.5 Å². The number of rotatable bonds is 4. The summed E-state index contributed by atoms with van der Waals surface area (Å²) in [4.78, 5) is 0. The van der Waals surface area contributed by atoms with Gasteiger partial charge in [0.05, 0.1) is 0 Å². The van der Waals surface area contributed by atoms with Gasteiger partial charge in [0, 0.05) is 42.1 Å². The number of fused-ring (bicyclic) bond motifs is 7. The van der Waals surface area contributed by atoms with Crippen LogP contribution in [0.25, 0.3) is 97.4 Å². The van der Waals surface area contributed by atoms with Crippen molar-refractivity contribution in [1.82, 2.24) is 0 Å². The van der Waals surface area contributed by atoms with Crippen LogP contribution in [0.1, 0.15) is 26.3 Å². The lowest BCUT2D eigenvalue weighted by Crippen LogP contribution is -2.10. The Kier molecular flexibility index (Phi) is 7.00. The van der Waals surface area contributed by atoms with E-state index in [1.807, 2.05) is 11.3 Å². The Bertz CT molecular complexity index is 2920. The predicted octanol–water partition coefficient (Wildman–Crippen LogP) is 15.1. The summed E-state index contributed by atoms with van der Waals surface area (Å²) in [6, 6.07) is 59.6. The van der Waals surface area contributed by atoms with Crippen LogP contribution in [0.2, 0.25) is 0 Å². The normalized spacial score (nSPS) is 12.1. The van der Waals surface area contributed by atoms with Gasteiger partial charge in [-0.3, -0.25) is 0 Å². The number of benzene rings is 8. The predicted molar refractivity (Wildman–Crippen MR) is 225 cm³/mol. The van der Waals surface area contributed by atoms with Crippen LogP contribution in [0.15, 0.2) is 168 Å². The Labute approximate surface area is 307 Å². The topological polar surface area (TPSA) is 13.1 Å². The molecule has 0 aliphatic heterocycles. The first-order valence-corrected chi connectivity index (χ1v) is 18.8. The number of para-hydroxylation sites is 1. The number of furan rings is 1. The number of hydrogen-bond acceptors (Lipinski definition) is 2. The molecule has 2 heteroatoms. The van der Waals surface area contributed by atoms with Crippen molar-refractivity contribution in [3.63, 3.8) is 0 Å². The molecule has 2 aromatic heterocycles. The molecule has 0 saturated heterocycles. The van der Waals surface area contributed by atoms with Crippen LogP contribution in [-0.4, -0.2) is 0 Å².